The summed E-state index contributed by atoms with van der Waals surface area (Å²) in [5.74, 6) is -0.796. The zero-order chi connectivity index (χ0) is 12.0. The lowest BCUT2D eigenvalue weighted by Crippen LogP contribution is -2.43. The molecule has 0 spiro atoms. The van der Waals surface area contributed by atoms with Crippen LogP contribution in [-0.4, -0.2) is 46.8 Å². The van der Waals surface area contributed by atoms with Crippen LogP contribution in [0.4, 0.5) is 0 Å². The molecule has 0 aromatic heterocycles. The fraction of sp³-hybridized carbons (Fsp3) is 0.917. The standard InChI is InChI=1S/C12H23NO3/c1-10-9-11(12(15)16)5-7-13(10)6-3-2-4-8-14/h10-11,14H,2-9H2,1H3,(H,15,16). The predicted molar refractivity (Wildman–Crippen MR) is 62.3 cm³/mol. The number of aliphatic carboxylic acids is 1. The Bertz CT molecular complexity index is 220. The average Bonchev–Trinajstić information content (AvgIpc) is 2.26. The van der Waals surface area contributed by atoms with E-state index in [9.17, 15) is 4.79 Å². The number of carbonyl (C=O) groups is 1. The number of hydrogen-bond donors (Lipinski definition) is 2. The molecule has 1 fully saturated rings. The summed E-state index contributed by atoms with van der Waals surface area (Å²) in [5, 5.41) is 17.6. The smallest absolute Gasteiger partial charge is 0.306 e. The largest absolute Gasteiger partial charge is 0.481 e. The lowest BCUT2D eigenvalue weighted by molar-refractivity contribution is -0.144. The maximum Gasteiger partial charge on any atom is 0.306 e. The zero-order valence-corrected chi connectivity index (χ0v) is 10.1. The lowest BCUT2D eigenvalue weighted by Gasteiger charge is -2.36. The Labute approximate surface area is 97.3 Å². The fourth-order valence-corrected chi connectivity index (χ4v) is 2.38. The van der Waals surface area contributed by atoms with Crippen molar-refractivity contribution < 1.29 is 15.0 Å². The van der Waals surface area contributed by atoms with E-state index in [1.165, 1.54) is 0 Å². The number of nitrogens with zero attached hydrogens (tertiary/aromatic N) is 1. The predicted octanol–water partition coefficient (Wildman–Crippen LogP) is 1.33. The SMILES string of the molecule is CC1CC(C(=O)O)CCN1CCCCCO. The topological polar surface area (TPSA) is 60.8 Å². The molecule has 4 heteroatoms. The summed E-state index contributed by atoms with van der Waals surface area (Å²) in [6.45, 7) is 4.32. The molecule has 0 bridgehead atoms. The van der Waals surface area contributed by atoms with Gasteiger partial charge in [0.15, 0.2) is 0 Å². The van der Waals surface area contributed by atoms with Crippen LogP contribution in [0.3, 0.4) is 0 Å². The van der Waals surface area contributed by atoms with Gasteiger partial charge in [-0.1, -0.05) is 0 Å². The highest BCUT2D eigenvalue weighted by atomic mass is 16.4. The van der Waals surface area contributed by atoms with Crippen LogP contribution in [0.2, 0.25) is 0 Å². The van der Waals surface area contributed by atoms with E-state index >= 15 is 0 Å². The van der Waals surface area contributed by atoms with E-state index < -0.39 is 5.97 Å². The van der Waals surface area contributed by atoms with Gasteiger partial charge in [0.25, 0.3) is 0 Å². The summed E-state index contributed by atoms with van der Waals surface area (Å²) < 4.78 is 0. The van der Waals surface area contributed by atoms with E-state index in [2.05, 4.69) is 11.8 Å². The summed E-state index contributed by atoms with van der Waals surface area (Å²) in [4.78, 5) is 13.2. The third-order valence-electron chi connectivity index (χ3n) is 3.47. The molecule has 0 aromatic carbocycles. The summed E-state index contributed by atoms with van der Waals surface area (Å²) in [6, 6.07) is 0.379. The molecule has 1 aliphatic rings. The number of aliphatic hydroxyl groups excluding tert-OH is 1. The first-order valence-electron chi connectivity index (χ1n) is 6.23. The Hall–Kier alpha value is -0.610. The van der Waals surface area contributed by atoms with Gasteiger partial charge in [-0.15, -0.1) is 0 Å². The van der Waals surface area contributed by atoms with Crippen LogP contribution in [0.25, 0.3) is 0 Å². The monoisotopic (exact) mass is 229 g/mol. The molecule has 16 heavy (non-hydrogen) atoms. The minimum Gasteiger partial charge on any atom is -0.481 e. The number of piperidine rings is 1. The second-order valence-corrected chi connectivity index (χ2v) is 4.73. The van der Waals surface area contributed by atoms with Crippen molar-refractivity contribution in [1.29, 1.82) is 0 Å². The van der Waals surface area contributed by atoms with Gasteiger partial charge in [-0.25, -0.2) is 0 Å². The quantitative estimate of drug-likeness (QED) is 0.675. The molecule has 1 rings (SSSR count). The van der Waals surface area contributed by atoms with Crippen LogP contribution < -0.4 is 0 Å². The molecule has 1 heterocycles. The van der Waals surface area contributed by atoms with Crippen LogP contribution in [0, 0.1) is 5.92 Å². The number of aliphatic hydroxyl groups is 1. The van der Waals surface area contributed by atoms with Crippen molar-refractivity contribution in [3.05, 3.63) is 0 Å². The molecule has 0 aliphatic carbocycles. The number of hydrogen-bond acceptors (Lipinski definition) is 3. The highest BCUT2D eigenvalue weighted by Crippen LogP contribution is 2.23. The molecule has 2 N–H and O–H groups in total. The Balaban J connectivity index is 2.22. The van der Waals surface area contributed by atoms with Crippen LogP contribution in [0.5, 0.6) is 0 Å². The van der Waals surface area contributed by atoms with Crippen LogP contribution in [0.1, 0.15) is 39.0 Å². The highest BCUT2D eigenvalue weighted by molar-refractivity contribution is 5.70. The van der Waals surface area contributed by atoms with E-state index in [0.29, 0.717) is 6.04 Å². The summed E-state index contributed by atoms with van der Waals surface area (Å²) >= 11 is 0. The zero-order valence-electron chi connectivity index (χ0n) is 10.1. The molecular weight excluding hydrogens is 206 g/mol. The van der Waals surface area contributed by atoms with Gasteiger partial charge in [0.2, 0.25) is 0 Å². The third-order valence-corrected chi connectivity index (χ3v) is 3.47. The molecule has 0 aromatic rings. The molecule has 4 nitrogen and oxygen atoms in total. The summed E-state index contributed by atoms with van der Waals surface area (Å²) in [5.41, 5.74) is 0. The van der Waals surface area contributed by atoms with Crippen molar-refractivity contribution in [2.75, 3.05) is 19.7 Å². The highest BCUT2D eigenvalue weighted by Gasteiger charge is 2.28. The van der Waals surface area contributed by atoms with Gasteiger partial charge in [0.05, 0.1) is 5.92 Å². The first-order valence-corrected chi connectivity index (χ1v) is 6.23. The normalized spacial score (nSPS) is 26.9. The van der Waals surface area contributed by atoms with Crippen molar-refractivity contribution >= 4 is 5.97 Å². The van der Waals surface area contributed by atoms with Gasteiger partial charge in [0.1, 0.15) is 0 Å². The first kappa shape index (κ1) is 13.5. The molecule has 1 aliphatic heterocycles. The van der Waals surface area contributed by atoms with Crippen molar-refractivity contribution in [1.82, 2.24) is 4.90 Å². The minimum absolute atomic E-state index is 0.149. The maximum atomic E-state index is 10.9. The third kappa shape index (κ3) is 4.10. The van der Waals surface area contributed by atoms with Gasteiger partial charge in [0, 0.05) is 12.6 Å². The van der Waals surface area contributed by atoms with Crippen molar-refractivity contribution in [3.63, 3.8) is 0 Å². The van der Waals surface area contributed by atoms with E-state index in [-0.39, 0.29) is 12.5 Å². The molecule has 2 atom stereocenters. The summed E-state index contributed by atoms with van der Waals surface area (Å²) in [7, 11) is 0. The fourth-order valence-electron chi connectivity index (χ4n) is 2.38. The van der Waals surface area contributed by atoms with E-state index in [0.717, 1.165) is 45.2 Å². The van der Waals surface area contributed by atoms with Crippen molar-refractivity contribution in [2.24, 2.45) is 5.92 Å². The van der Waals surface area contributed by atoms with Gasteiger partial charge >= 0.3 is 5.97 Å². The molecule has 1 saturated heterocycles. The van der Waals surface area contributed by atoms with Crippen molar-refractivity contribution in [2.45, 2.75) is 45.1 Å². The number of rotatable bonds is 6. The average molecular weight is 229 g/mol. The Morgan fingerprint density at radius 1 is 1.38 bits per heavy atom. The van der Waals surface area contributed by atoms with Crippen LogP contribution in [0.15, 0.2) is 0 Å². The number of likely N-dealkylation sites (tertiary alicyclic amines) is 1. The molecule has 2 unspecified atom stereocenters. The van der Waals surface area contributed by atoms with Gasteiger partial charge in [-0.05, 0) is 52.1 Å². The van der Waals surface area contributed by atoms with Crippen molar-refractivity contribution in [3.8, 4) is 0 Å². The molecule has 0 radical (unpaired) electrons. The second-order valence-electron chi connectivity index (χ2n) is 4.73. The number of carboxylic acid groups (broad SMARTS) is 1. The minimum atomic E-state index is -0.646. The maximum absolute atomic E-state index is 10.9. The van der Waals surface area contributed by atoms with E-state index in [4.69, 9.17) is 10.2 Å². The first-order chi connectivity index (χ1) is 7.65. The second kappa shape index (κ2) is 6.86. The number of carboxylic acids is 1. The van der Waals surface area contributed by atoms with Gasteiger partial charge < -0.3 is 15.1 Å². The number of unbranched alkanes of at least 4 members (excludes halogenated alkanes) is 2. The van der Waals surface area contributed by atoms with Gasteiger partial charge in [-0.3, -0.25) is 4.79 Å². The molecule has 0 amide bonds. The Kier molecular flexibility index (Phi) is 5.77. The molecule has 94 valence electrons. The van der Waals surface area contributed by atoms with Gasteiger partial charge in [-0.2, -0.15) is 0 Å². The molecule has 0 saturated carbocycles. The van der Waals surface area contributed by atoms with E-state index in [1.54, 1.807) is 0 Å². The van der Waals surface area contributed by atoms with Crippen LogP contribution in [-0.2, 0) is 4.79 Å². The lowest BCUT2D eigenvalue weighted by atomic mass is 9.91. The Morgan fingerprint density at radius 2 is 2.12 bits per heavy atom. The van der Waals surface area contributed by atoms with Crippen LogP contribution >= 0.6 is 0 Å². The molecular formula is C12H23NO3. The van der Waals surface area contributed by atoms with E-state index in [1.807, 2.05) is 0 Å². The Morgan fingerprint density at radius 3 is 2.69 bits per heavy atom. The summed E-state index contributed by atoms with van der Waals surface area (Å²) in [6.07, 6.45) is 4.58.